The lowest BCUT2D eigenvalue weighted by molar-refractivity contribution is 0.525. The highest BCUT2D eigenvalue weighted by atomic mass is 31.1. The van der Waals surface area contributed by atoms with Crippen LogP contribution >= 0.6 is 8.69 Å². The van der Waals surface area contributed by atoms with Crippen LogP contribution in [-0.2, 0) is 15.4 Å². The Bertz CT molecular complexity index is 977. The van der Waals surface area contributed by atoms with Gasteiger partial charge in [0.05, 0.1) is 0 Å². The summed E-state index contributed by atoms with van der Waals surface area (Å²) in [4.78, 5) is 0. The van der Waals surface area contributed by atoms with Gasteiger partial charge < -0.3 is 4.52 Å². The smallest absolute Gasteiger partial charge is 0.395 e. The monoisotopic (exact) mass is 404 g/mol. The van der Waals surface area contributed by atoms with E-state index < -0.39 is 0 Å². The third-order valence-corrected chi connectivity index (χ3v) is 5.45. The molecule has 0 aliphatic heterocycles. The summed E-state index contributed by atoms with van der Waals surface area (Å²) in [5, 5.41) is 0. The van der Waals surface area contributed by atoms with Crippen LogP contribution in [0.15, 0.2) is 66.7 Å². The molecule has 150 valence electrons. The molecule has 0 radical (unpaired) electrons. The maximum absolute atomic E-state index is 11.4. The van der Waals surface area contributed by atoms with Gasteiger partial charge in [0.1, 0.15) is 5.75 Å². The lowest BCUT2D eigenvalue weighted by Gasteiger charge is -2.31. The van der Waals surface area contributed by atoms with Crippen molar-refractivity contribution in [3.05, 3.63) is 77.9 Å². The van der Waals surface area contributed by atoms with Crippen LogP contribution < -0.4 is 4.52 Å². The Labute approximate surface area is 176 Å². The molecule has 0 fully saturated rings. The van der Waals surface area contributed by atoms with Crippen molar-refractivity contribution in [2.45, 2.75) is 52.4 Å². The van der Waals surface area contributed by atoms with Crippen molar-refractivity contribution in [1.29, 1.82) is 0 Å². The van der Waals surface area contributed by atoms with E-state index in [1.165, 1.54) is 16.7 Å². The lowest BCUT2D eigenvalue weighted by Crippen LogP contribution is -2.19. The Balaban J connectivity index is 2.49. The Morgan fingerprint density at radius 3 is 1.72 bits per heavy atom. The minimum absolute atomic E-state index is 0.0627. The van der Waals surface area contributed by atoms with Crippen molar-refractivity contribution >= 4 is 8.69 Å². The minimum atomic E-state index is -0.354. The molecule has 3 heteroatoms. The fraction of sp³-hybridized carbons (Fsp3) is 0.308. The fourth-order valence-corrected chi connectivity index (χ4v) is 4.07. The zero-order valence-corrected chi connectivity index (χ0v) is 19.0. The maximum Gasteiger partial charge on any atom is 0.395 e. The highest BCUT2D eigenvalue weighted by Gasteiger charge is 2.29. The summed E-state index contributed by atoms with van der Waals surface area (Å²) in [6, 6.07) is 22.8. The number of rotatable bonds is 4. The molecule has 3 aromatic carbocycles. The lowest BCUT2D eigenvalue weighted by atomic mass is 9.73. The average molecular weight is 404 g/mol. The van der Waals surface area contributed by atoms with Gasteiger partial charge in [-0.15, -0.1) is 0 Å². The van der Waals surface area contributed by atoms with Crippen LogP contribution in [0.2, 0.25) is 0 Å². The molecule has 29 heavy (non-hydrogen) atoms. The van der Waals surface area contributed by atoms with Gasteiger partial charge in [-0.25, -0.2) is 4.57 Å². The van der Waals surface area contributed by atoms with Crippen molar-refractivity contribution in [3.8, 4) is 28.0 Å². The third kappa shape index (κ3) is 4.43. The number of hydrogen-bond donors (Lipinski definition) is 0. The summed E-state index contributed by atoms with van der Waals surface area (Å²) in [7, 11) is -0.354. The first kappa shape index (κ1) is 21.3. The molecular weight excluding hydrogens is 375 g/mol. The molecule has 0 amide bonds. The molecular formula is C26H29O2P. The van der Waals surface area contributed by atoms with E-state index in [4.69, 9.17) is 4.52 Å². The van der Waals surface area contributed by atoms with Gasteiger partial charge in [-0.3, -0.25) is 0 Å². The molecule has 0 N–H and O–H groups in total. The quantitative estimate of drug-likeness (QED) is 0.410. The molecule has 2 nitrogen and oxygen atoms in total. The summed E-state index contributed by atoms with van der Waals surface area (Å²) in [5.74, 6) is 0.630. The third-order valence-electron chi connectivity index (χ3n) is 5.18. The van der Waals surface area contributed by atoms with Gasteiger partial charge in [0.15, 0.2) is 0 Å². The Morgan fingerprint density at radius 1 is 0.655 bits per heavy atom. The van der Waals surface area contributed by atoms with Crippen LogP contribution in [0.5, 0.6) is 5.75 Å². The average Bonchev–Trinajstić information content (AvgIpc) is 2.67. The van der Waals surface area contributed by atoms with E-state index >= 15 is 0 Å². The topological polar surface area (TPSA) is 26.3 Å². The van der Waals surface area contributed by atoms with Gasteiger partial charge in [0, 0.05) is 5.56 Å². The largest absolute Gasteiger partial charge is 0.407 e. The molecule has 0 unspecified atom stereocenters. The van der Waals surface area contributed by atoms with Gasteiger partial charge in [-0.2, -0.15) is 0 Å². The van der Waals surface area contributed by atoms with Crippen molar-refractivity contribution in [3.63, 3.8) is 0 Å². The van der Waals surface area contributed by atoms with Crippen molar-refractivity contribution < 1.29 is 9.09 Å². The van der Waals surface area contributed by atoms with E-state index in [1.807, 2.05) is 30.3 Å². The second-order valence-electron chi connectivity index (χ2n) is 9.44. The number of benzene rings is 3. The SMILES string of the molecule is CC(C)(C)c1cccc(C(C)(C)C)c1-c1c(OP=O)cccc1-c1ccccc1. The van der Waals surface area contributed by atoms with E-state index in [0.717, 1.165) is 16.7 Å². The molecule has 3 rings (SSSR count). The summed E-state index contributed by atoms with van der Waals surface area (Å²) >= 11 is 0. The van der Waals surface area contributed by atoms with Gasteiger partial charge >= 0.3 is 8.69 Å². The van der Waals surface area contributed by atoms with Crippen LogP contribution in [0, 0.1) is 0 Å². The van der Waals surface area contributed by atoms with Gasteiger partial charge in [0.2, 0.25) is 0 Å². The Morgan fingerprint density at radius 2 is 1.21 bits per heavy atom. The summed E-state index contributed by atoms with van der Waals surface area (Å²) in [6.07, 6.45) is 0. The predicted octanol–water partition coefficient (Wildman–Crippen LogP) is 8.20. The van der Waals surface area contributed by atoms with Gasteiger partial charge in [-0.1, -0.05) is 102 Å². The van der Waals surface area contributed by atoms with Crippen LogP contribution in [0.25, 0.3) is 22.3 Å². The van der Waals surface area contributed by atoms with Gasteiger partial charge in [-0.05, 0) is 44.7 Å². The molecule has 0 aliphatic rings. The Hall–Kier alpha value is -2.44. The standard InChI is InChI=1S/C26H29O2P/c1-25(2,3)20-15-11-16-21(26(4,5)6)24(20)23-19(18-12-8-7-9-13-18)14-10-17-22(23)28-29-27/h7-17H,1-6H3. The summed E-state index contributed by atoms with van der Waals surface area (Å²) in [6.45, 7) is 13.4. The van der Waals surface area contributed by atoms with Crippen LogP contribution in [-0.4, -0.2) is 0 Å². The van der Waals surface area contributed by atoms with E-state index in [0.29, 0.717) is 5.75 Å². The first-order valence-corrected chi connectivity index (χ1v) is 10.7. The molecule has 3 aromatic rings. The van der Waals surface area contributed by atoms with Crippen molar-refractivity contribution in [2.75, 3.05) is 0 Å². The highest BCUT2D eigenvalue weighted by molar-refractivity contribution is 7.17. The zero-order valence-electron chi connectivity index (χ0n) is 18.1. The number of hydrogen-bond acceptors (Lipinski definition) is 2. The molecule has 0 saturated heterocycles. The second kappa shape index (κ2) is 8.13. The molecule has 0 aliphatic carbocycles. The molecule has 0 aromatic heterocycles. The maximum atomic E-state index is 11.4. The fourth-order valence-electron chi connectivity index (χ4n) is 3.84. The van der Waals surface area contributed by atoms with E-state index in [1.54, 1.807) is 0 Å². The van der Waals surface area contributed by atoms with E-state index in [9.17, 15) is 4.57 Å². The normalized spacial score (nSPS) is 12.2. The summed E-state index contributed by atoms with van der Waals surface area (Å²) in [5.41, 5.74) is 6.73. The first-order chi connectivity index (χ1) is 13.6. The molecule has 0 bridgehead atoms. The first-order valence-electron chi connectivity index (χ1n) is 9.97. The molecule has 0 heterocycles. The van der Waals surface area contributed by atoms with Gasteiger partial charge in [0.25, 0.3) is 0 Å². The van der Waals surface area contributed by atoms with Crippen LogP contribution in [0.1, 0.15) is 52.7 Å². The zero-order chi connectivity index (χ0) is 21.2. The second-order valence-corrected chi connectivity index (χ2v) is 9.77. The van der Waals surface area contributed by atoms with Crippen molar-refractivity contribution in [2.24, 2.45) is 0 Å². The molecule has 0 saturated carbocycles. The van der Waals surface area contributed by atoms with Crippen LogP contribution in [0.3, 0.4) is 0 Å². The predicted molar refractivity (Wildman–Crippen MR) is 123 cm³/mol. The minimum Gasteiger partial charge on any atom is -0.407 e. The molecule has 0 atom stereocenters. The van der Waals surface area contributed by atoms with Crippen molar-refractivity contribution in [1.82, 2.24) is 0 Å². The molecule has 0 spiro atoms. The van der Waals surface area contributed by atoms with Crippen LogP contribution in [0.4, 0.5) is 0 Å². The van der Waals surface area contributed by atoms with E-state index in [2.05, 4.69) is 77.9 Å². The Kier molecular flexibility index (Phi) is 5.96. The summed E-state index contributed by atoms with van der Waals surface area (Å²) < 4.78 is 17.0. The highest BCUT2D eigenvalue weighted by Crippen LogP contribution is 2.48. The van der Waals surface area contributed by atoms with E-state index in [-0.39, 0.29) is 19.5 Å².